The van der Waals surface area contributed by atoms with Crippen LogP contribution in [0.5, 0.6) is 0 Å². The highest BCUT2D eigenvalue weighted by Gasteiger charge is 2.52. The van der Waals surface area contributed by atoms with Gasteiger partial charge >= 0.3 is 7.12 Å². The van der Waals surface area contributed by atoms with Gasteiger partial charge in [0.2, 0.25) is 0 Å². The quantitative estimate of drug-likeness (QED) is 0.776. The molecule has 22 heavy (non-hydrogen) atoms. The van der Waals surface area contributed by atoms with Crippen LogP contribution < -0.4 is 5.46 Å². The summed E-state index contributed by atoms with van der Waals surface area (Å²) in [5, 5.41) is 4.70. The van der Waals surface area contributed by atoms with Crippen molar-refractivity contribution in [3.63, 3.8) is 0 Å². The number of hydrogen-bond donors (Lipinski definition) is 0. The monoisotopic (exact) mass is 322 g/mol. The number of rotatable bonds is 2. The summed E-state index contributed by atoms with van der Waals surface area (Å²) in [5.41, 5.74) is 0.403. The Labute approximate surface area is 130 Å². The Bertz CT molecular complexity index is 826. The van der Waals surface area contributed by atoms with E-state index in [0.717, 1.165) is 15.8 Å². The fourth-order valence-electron chi connectivity index (χ4n) is 2.49. The van der Waals surface area contributed by atoms with Crippen LogP contribution in [0.15, 0.2) is 24.4 Å². The van der Waals surface area contributed by atoms with Crippen LogP contribution in [0, 0.1) is 0 Å². The summed E-state index contributed by atoms with van der Waals surface area (Å²) in [6.45, 7) is 7.92. The van der Waals surface area contributed by atoms with Crippen molar-refractivity contribution < 1.29 is 17.7 Å². The Kier molecular flexibility index (Phi) is 3.22. The highest BCUT2D eigenvalue weighted by molar-refractivity contribution is 7.89. The van der Waals surface area contributed by atoms with Gasteiger partial charge < -0.3 is 9.31 Å². The second-order valence-electron chi connectivity index (χ2n) is 6.62. The van der Waals surface area contributed by atoms with Gasteiger partial charge in [-0.15, -0.1) is 0 Å². The second kappa shape index (κ2) is 4.56. The van der Waals surface area contributed by atoms with E-state index in [0.29, 0.717) is 10.9 Å². The van der Waals surface area contributed by atoms with Gasteiger partial charge in [-0.3, -0.25) is 0 Å². The summed E-state index contributed by atoms with van der Waals surface area (Å²) in [6, 6.07) is 5.38. The Morgan fingerprint density at radius 2 is 1.73 bits per heavy atom. The molecule has 0 amide bonds. The van der Waals surface area contributed by atoms with Gasteiger partial charge in [0.05, 0.1) is 29.2 Å². The van der Waals surface area contributed by atoms with E-state index in [2.05, 4.69) is 5.10 Å². The predicted molar refractivity (Wildman–Crippen MR) is 85.7 cm³/mol. The molecular weight excluding hydrogens is 303 g/mol. The largest absolute Gasteiger partial charge is 0.495 e. The van der Waals surface area contributed by atoms with Gasteiger partial charge in [-0.2, -0.15) is 9.19 Å². The summed E-state index contributed by atoms with van der Waals surface area (Å²) < 4.78 is 36.7. The lowest BCUT2D eigenvalue weighted by atomic mass is 9.77. The van der Waals surface area contributed by atoms with Crippen LogP contribution in [0.1, 0.15) is 27.7 Å². The molecule has 0 aliphatic carbocycles. The molecule has 1 fully saturated rings. The minimum absolute atomic E-state index is 0.452. The zero-order chi connectivity index (χ0) is 16.3. The van der Waals surface area contributed by atoms with E-state index < -0.39 is 28.3 Å². The summed E-state index contributed by atoms with van der Waals surface area (Å²) in [7, 11) is -4.00. The fourth-order valence-corrected chi connectivity index (χ4v) is 3.22. The molecule has 1 aromatic heterocycles. The van der Waals surface area contributed by atoms with Crippen molar-refractivity contribution in [3.05, 3.63) is 24.4 Å². The van der Waals surface area contributed by atoms with Gasteiger partial charge in [-0.1, -0.05) is 12.1 Å². The van der Waals surface area contributed by atoms with Crippen LogP contribution in [0.25, 0.3) is 10.9 Å². The first-order valence-electron chi connectivity index (χ1n) is 7.06. The lowest BCUT2D eigenvalue weighted by molar-refractivity contribution is 0.00578. The minimum atomic E-state index is -3.45. The van der Waals surface area contributed by atoms with E-state index >= 15 is 0 Å². The molecule has 8 heteroatoms. The molecule has 3 rings (SSSR count). The maximum Gasteiger partial charge on any atom is 0.495 e. The van der Waals surface area contributed by atoms with Crippen LogP contribution in [-0.4, -0.2) is 42.2 Å². The van der Waals surface area contributed by atoms with Crippen LogP contribution >= 0.6 is 0 Å². The van der Waals surface area contributed by atoms with Crippen molar-refractivity contribution in [2.45, 2.75) is 38.9 Å². The van der Waals surface area contributed by atoms with Crippen molar-refractivity contribution in [3.8, 4) is 0 Å². The number of benzene rings is 1. The zero-order valence-corrected chi connectivity index (χ0v) is 14.1. The number of fused-ring (bicyclic) bond motifs is 1. The summed E-state index contributed by atoms with van der Waals surface area (Å²) in [4.78, 5) is 0. The topological polar surface area (TPSA) is 70.4 Å². The third-order valence-corrected chi connectivity index (χ3v) is 5.36. The summed E-state index contributed by atoms with van der Waals surface area (Å²) in [5.74, 6) is 0. The average Bonchev–Trinajstić information content (AvgIpc) is 2.87. The maximum absolute atomic E-state index is 11.8. The van der Waals surface area contributed by atoms with Gasteiger partial charge in [0.15, 0.2) is 0 Å². The molecule has 1 aromatic carbocycles. The first-order valence-corrected chi connectivity index (χ1v) is 8.91. The lowest BCUT2D eigenvalue weighted by Crippen LogP contribution is -2.41. The second-order valence-corrected chi connectivity index (χ2v) is 8.43. The molecule has 1 saturated heterocycles. The summed E-state index contributed by atoms with van der Waals surface area (Å²) in [6.07, 6.45) is 2.66. The number of aromatic nitrogens is 2. The number of nitrogens with zero attached hydrogens (tertiary/aromatic N) is 2. The summed E-state index contributed by atoms with van der Waals surface area (Å²) >= 11 is 0. The van der Waals surface area contributed by atoms with Gasteiger partial charge in [-0.05, 0) is 39.2 Å². The Morgan fingerprint density at radius 1 is 1.14 bits per heavy atom. The van der Waals surface area contributed by atoms with E-state index in [-0.39, 0.29) is 0 Å². The molecule has 0 spiro atoms. The first kappa shape index (κ1) is 15.5. The molecule has 6 nitrogen and oxygen atoms in total. The normalized spacial score (nSPS) is 20.7. The molecule has 2 aromatic rings. The van der Waals surface area contributed by atoms with Crippen molar-refractivity contribution in [1.82, 2.24) is 9.19 Å². The molecule has 0 atom stereocenters. The van der Waals surface area contributed by atoms with Crippen molar-refractivity contribution in [2.24, 2.45) is 0 Å². The molecule has 0 radical (unpaired) electrons. The van der Waals surface area contributed by atoms with Gasteiger partial charge in [0, 0.05) is 5.39 Å². The Hall–Kier alpha value is -1.38. The standard InChI is InChI=1S/C14H19BN2O4S/c1-13(2)14(3,4)21-15(20-13)11-7-6-8-12-10(11)9-16-17(12)22(5,18)19/h6-9H,1-5H3. The Balaban J connectivity index is 2.13. The van der Waals surface area contributed by atoms with Crippen molar-refractivity contribution >= 4 is 33.5 Å². The molecule has 1 aliphatic rings. The third kappa shape index (κ3) is 2.26. The zero-order valence-electron chi connectivity index (χ0n) is 13.3. The highest BCUT2D eigenvalue weighted by atomic mass is 32.2. The first-order chi connectivity index (χ1) is 10.0. The molecule has 1 aliphatic heterocycles. The molecule has 0 N–H and O–H groups in total. The van der Waals surface area contributed by atoms with Gasteiger partial charge in [-0.25, -0.2) is 8.42 Å². The van der Waals surface area contributed by atoms with E-state index in [4.69, 9.17) is 9.31 Å². The minimum Gasteiger partial charge on any atom is -0.399 e. The maximum atomic E-state index is 11.8. The molecule has 0 unspecified atom stereocenters. The Morgan fingerprint density at radius 3 is 2.27 bits per heavy atom. The van der Waals surface area contributed by atoms with Crippen molar-refractivity contribution in [1.29, 1.82) is 0 Å². The van der Waals surface area contributed by atoms with Crippen LogP contribution in [-0.2, 0) is 19.3 Å². The highest BCUT2D eigenvalue weighted by Crippen LogP contribution is 2.37. The molecular formula is C14H19BN2O4S. The number of hydrogen-bond acceptors (Lipinski definition) is 5. The van der Waals surface area contributed by atoms with Gasteiger partial charge in [0.25, 0.3) is 10.0 Å². The van der Waals surface area contributed by atoms with Crippen molar-refractivity contribution in [2.75, 3.05) is 6.26 Å². The van der Waals surface area contributed by atoms with Crippen LogP contribution in [0.3, 0.4) is 0 Å². The molecule has 0 saturated carbocycles. The molecule has 118 valence electrons. The average molecular weight is 322 g/mol. The fraction of sp³-hybridized carbons (Fsp3) is 0.500. The SMILES string of the molecule is CC1(C)OB(c2cccc3c2cnn3S(C)(=O)=O)OC1(C)C. The predicted octanol–water partition coefficient (Wildman–Crippen LogP) is 1.14. The van der Waals surface area contributed by atoms with Gasteiger partial charge in [0.1, 0.15) is 0 Å². The van der Waals surface area contributed by atoms with E-state index in [1.165, 1.54) is 6.20 Å². The van der Waals surface area contributed by atoms with E-state index in [1.54, 1.807) is 12.1 Å². The van der Waals surface area contributed by atoms with Crippen LogP contribution in [0.2, 0.25) is 0 Å². The third-order valence-electron chi connectivity index (χ3n) is 4.44. The van der Waals surface area contributed by atoms with Crippen LogP contribution in [0.4, 0.5) is 0 Å². The van der Waals surface area contributed by atoms with E-state index in [1.807, 2.05) is 33.8 Å². The smallest absolute Gasteiger partial charge is 0.399 e. The molecule has 0 bridgehead atoms. The lowest BCUT2D eigenvalue weighted by Gasteiger charge is -2.32. The van der Waals surface area contributed by atoms with E-state index in [9.17, 15) is 8.42 Å². The molecule has 2 heterocycles.